The second-order valence-electron chi connectivity index (χ2n) is 9.04. The molecule has 0 bridgehead atoms. The highest BCUT2D eigenvalue weighted by Gasteiger charge is 2.37. The van der Waals surface area contributed by atoms with Gasteiger partial charge in [-0.3, -0.25) is 9.59 Å². The third-order valence-corrected chi connectivity index (χ3v) is 5.82. The number of hydrogen-bond donors (Lipinski definition) is 2. The fourth-order valence-electron chi connectivity index (χ4n) is 4.18. The topological polar surface area (TPSA) is 115 Å². The summed E-state index contributed by atoms with van der Waals surface area (Å²) < 4.78 is 13.4. The Labute approximate surface area is 180 Å². The van der Waals surface area contributed by atoms with E-state index in [1.807, 2.05) is 16.7 Å². The maximum atomic E-state index is 12.5. The summed E-state index contributed by atoms with van der Waals surface area (Å²) >= 11 is 0. The van der Waals surface area contributed by atoms with Crippen LogP contribution in [0, 0.1) is 5.41 Å². The van der Waals surface area contributed by atoms with Crippen molar-refractivity contribution in [1.29, 1.82) is 0 Å². The van der Waals surface area contributed by atoms with Gasteiger partial charge in [-0.25, -0.2) is 4.79 Å². The van der Waals surface area contributed by atoms with Crippen molar-refractivity contribution in [3.05, 3.63) is 51.5 Å². The largest absolute Gasteiger partial charge is 0.481 e. The van der Waals surface area contributed by atoms with Gasteiger partial charge in [0, 0.05) is 44.0 Å². The highest BCUT2D eigenvalue weighted by molar-refractivity contribution is 5.88. The summed E-state index contributed by atoms with van der Waals surface area (Å²) in [5.41, 5.74) is 1.55. The lowest BCUT2D eigenvalue weighted by Crippen LogP contribution is -2.37. The first-order valence-corrected chi connectivity index (χ1v) is 10.3. The first kappa shape index (κ1) is 23.0. The van der Waals surface area contributed by atoms with Crippen LogP contribution in [0.15, 0.2) is 34.8 Å². The second-order valence-corrected chi connectivity index (χ2v) is 9.04. The van der Waals surface area contributed by atoms with Gasteiger partial charge < -0.3 is 24.3 Å². The molecule has 1 aliphatic carbocycles. The van der Waals surface area contributed by atoms with Gasteiger partial charge >= 0.3 is 11.9 Å². The third-order valence-electron chi connectivity index (χ3n) is 5.82. The van der Waals surface area contributed by atoms with Gasteiger partial charge in [0.1, 0.15) is 17.8 Å². The van der Waals surface area contributed by atoms with Crippen molar-refractivity contribution in [1.82, 2.24) is 4.57 Å². The number of rotatable bonds is 7. The van der Waals surface area contributed by atoms with E-state index in [2.05, 4.69) is 20.8 Å². The molecule has 1 aromatic heterocycles. The quantitative estimate of drug-likeness (QED) is 0.637. The van der Waals surface area contributed by atoms with Gasteiger partial charge in [-0.15, -0.1) is 0 Å². The number of fused-ring (bicyclic) bond motifs is 3. The van der Waals surface area contributed by atoms with Crippen LogP contribution in [0.2, 0.25) is 0 Å². The van der Waals surface area contributed by atoms with Crippen LogP contribution in [0.5, 0.6) is 0 Å². The van der Waals surface area contributed by atoms with E-state index in [9.17, 15) is 19.5 Å². The number of carboxylic acid groups (broad SMARTS) is 2. The Morgan fingerprint density at radius 1 is 1.19 bits per heavy atom. The minimum atomic E-state index is -1.24. The van der Waals surface area contributed by atoms with E-state index in [1.165, 1.54) is 12.3 Å². The van der Waals surface area contributed by atoms with Crippen molar-refractivity contribution in [2.45, 2.75) is 58.3 Å². The van der Waals surface area contributed by atoms with E-state index >= 15 is 0 Å². The average Bonchev–Trinajstić information content (AvgIpc) is 2.68. The Bertz CT molecular complexity index is 996. The summed E-state index contributed by atoms with van der Waals surface area (Å²) in [5.74, 6) is -2.10. The number of ether oxygens (including phenoxy) is 2. The standard InChI is InChI=1S/C23H29NO7/c1-23(2,3)20-9-13-8-19(31-7-5-6-21(26)27)18(30-4)10-14(13)16-11-17(25)15(22(28)29)12-24(16)20/h8,10-12,18-20H,5-7,9H2,1-4H3,(H,26,27)(H,28,29). The molecule has 2 aliphatic rings. The van der Waals surface area contributed by atoms with Gasteiger partial charge in [-0.05, 0) is 36.0 Å². The molecule has 0 saturated heterocycles. The van der Waals surface area contributed by atoms with Crippen molar-refractivity contribution in [3.8, 4) is 0 Å². The lowest BCUT2D eigenvalue weighted by Gasteiger charge is -2.42. The van der Waals surface area contributed by atoms with Crippen molar-refractivity contribution in [2.24, 2.45) is 5.41 Å². The summed E-state index contributed by atoms with van der Waals surface area (Å²) in [6.45, 7) is 6.53. The maximum absolute atomic E-state index is 12.5. The molecule has 3 atom stereocenters. The molecule has 0 aromatic carbocycles. The Kier molecular flexibility index (Phi) is 6.52. The van der Waals surface area contributed by atoms with Crippen LogP contribution >= 0.6 is 0 Å². The molecule has 2 N–H and O–H groups in total. The molecule has 3 rings (SSSR count). The smallest absolute Gasteiger partial charge is 0.341 e. The summed E-state index contributed by atoms with van der Waals surface area (Å²) in [4.78, 5) is 34.7. The SMILES string of the molecule is COC1C=C2C(=CC1OCCCC(=O)O)CC(C(C)(C)C)n1cc(C(=O)O)c(=O)cc12. The van der Waals surface area contributed by atoms with Gasteiger partial charge in [-0.1, -0.05) is 20.8 Å². The van der Waals surface area contributed by atoms with E-state index in [-0.39, 0.29) is 29.5 Å². The highest BCUT2D eigenvalue weighted by atomic mass is 16.5. The number of allylic oxidation sites excluding steroid dienone is 2. The van der Waals surface area contributed by atoms with Crippen molar-refractivity contribution in [2.75, 3.05) is 13.7 Å². The maximum Gasteiger partial charge on any atom is 0.341 e. The Morgan fingerprint density at radius 2 is 1.90 bits per heavy atom. The number of hydrogen-bond acceptors (Lipinski definition) is 5. The number of aliphatic carboxylic acids is 1. The minimum absolute atomic E-state index is 0.0380. The van der Waals surface area contributed by atoms with Gasteiger partial charge in [-0.2, -0.15) is 0 Å². The van der Waals surface area contributed by atoms with Gasteiger partial charge in [0.25, 0.3) is 0 Å². The zero-order valence-corrected chi connectivity index (χ0v) is 18.3. The first-order valence-electron chi connectivity index (χ1n) is 10.3. The van der Waals surface area contributed by atoms with E-state index in [1.54, 1.807) is 7.11 Å². The molecule has 0 spiro atoms. The molecule has 168 valence electrons. The molecular weight excluding hydrogens is 402 g/mol. The van der Waals surface area contributed by atoms with Crippen molar-refractivity contribution >= 4 is 17.5 Å². The first-order chi connectivity index (χ1) is 14.5. The molecule has 1 aliphatic heterocycles. The second kappa shape index (κ2) is 8.80. The number of carboxylic acids is 2. The van der Waals surface area contributed by atoms with Crippen LogP contribution < -0.4 is 5.43 Å². The zero-order chi connectivity index (χ0) is 22.9. The molecule has 0 amide bonds. The highest BCUT2D eigenvalue weighted by Crippen LogP contribution is 2.46. The van der Waals surface area contributed by atoms with E-state index in [0.717, 1.165) is 11.1 Å². The van der Waals surface area contributed by atoms with Crippen LogP contribution in [0.1, 0.15) is 62.1 Å². The number of pyridine rings is 1. The van der Waals surface area contributed by atoms with Gasteiger partial charge in [0.2, 0.25) is 0 Å². The van der Waals surface area contributed by atoms with E-state index in [0.29, 0.717) is 25.1 Å². The fourth-order valence-corrected chi connectivity index (χ4v) is 4.18. The van der Waals surface area contributed by atoms with E-state index in [4.69, 9.17) is 14.6 Å². The number of nitrogens with zero attached hydrogens (tertiary/aromatic N) is 1. The number of carbonyl (C=O) groups is 2. The van der Waals surface area contributed by atoms with Gasteiger partial charge in [0.05, 0.1) is 5.69 Å². The lowest BCUT2D eigenvalue weighted by molar-refractivity contribution is -0.137. The lowest BCUT2D eigenvalue weighted by atomic mass is 9.76. The predicted octanol–water partition coefficient (Wildman–Crippen LogP) is 3.13. The van der Waals surface area contributed by atoms with Crippen molar-refractivity contribution < 1.29 is 29.3 Å². The summed E-state index contributed by atoms with van der Waals surface area (Å²) in [5, 5.41) is 18.2. The molecule has 0 saturated carbocycles. The number of aromatic carboxylic acids is 1. The summed E-state index contributed by atoms with van der Waals surface area (Å²) in [6.07, 6.45) is 5.66. The van der Waals surface area contributed by atoms with Crippen LogP contribution in [-0.2, 0) is 14.3 Å². The Hall–Kier alpha value is -2.71. The fraction of sp³-hybridized carbons (Fsp3) is 0.522. The number of aromatic nitrogens is 1. The van der Waals surface area contributed by atoms with Crippen LogP contribution in [0.25, 0.3) is 5.57 Å². The summed E-state index contributed by atoms with van der Waals surface area (Å²) in [6, 6.07) is 1.33. The van der Waals surface area contributed by atoms with E-state index < -0.39 is 23.5 Å². The normalized spacial score (nSPS) is 22.8. The average molecular weight is 431 g/mol. The molecule has 31 heavy (non-hydrogen) atoms. The summed E-state index contributed by atoms with van der Waals surface area (Å²) in [7, 11) is 1.57. The Balaban J connectivity index is 2.02. The monoisotopic (exact) mass is 431 g/mol. The van der Waals surface area contributed by atoms with Crippen LogP contribution in [0.4, 0.5) is 0 Å². The molecule has 8 nitrogen and oxygen atoms in total. The Morgan fingerprint density at radius 3 is 2.48 bits per heavy atom. The minimum Gasteiger partial charge on any atom is -0.481 e. The third kappa shape index (κ3) is 4.80. The molecule has 1 aromatic rings. The van der Waals surface area contributed by atoms with Crippen LogP contribution in [0.3, 0.4) is 0 Å². The molecule has 0 radical (unpaired) electrons. The molecular formula is C23H29NO7. The predicted molar refractivity (Wildman–Crippen MR) is 114 cm³/mol. The van der Waals surface area contributed by atoms with Crippen molar-refractivity contribution in [3.63, 3.8) is 0 Å². The molecule has 0 fully saturated rings. The number of methoxy groups -OCH3 is 1. The van der Waals surface area contributed by atoms with Crippen LogP contribution in [-0.4, -0.2) is 52.6 Å². The molecule has 2 heterocycles. The van der Waals surface area contributed by atoms with Gasteiger partial charge in [0.15, 0.2) is 5.43 Å². The molecule has 3 unspecified atom stereocenters. The zero-order valence-electron chi connectivity index (χ0n) is 18.3. The molecule has 8 heteroatoms.